The van der Waals surface area contributed by atoms with Crippen LogP contribution >= 0.6 is 0 Å². The molecule has 1 aromatic rings. The fraction of sp³-hybridized carbons (Fsp3) is 0.733. The standard InChI is InChI=1S/C15H25N3O4/c1-11-6-13(22-16-11)7-12-8-18(9-14(12)19)15(20)10-17(2)4-5-21-3/h6,12,14,19H,4-5,7-10H2,1-3H3/t12-,14+/m1/s1. The van der Waals surface area contributed by atoms with Crippen LogP contribution in [0.1, 0.15) is 11.5 Å². The second-order valence-electron chi connectivity index (χ2n) is 6.00. The Labute approximate surface area is 130 Å². The molecular formula is C15H25N3O4. The number of aromatic nitrogens is 1. The van der Waals surface area contributed by atoms with Gasteiger partial charge >= 0.3 is 0 Å². The summed E-state index contributed by atoms with van der Waals surface area (Å²) >= 11 is 0. The summed E-state index contributed by atoms with van der Waals surface area (Å²) in [7, 11) is 3.53. The number of nitrogens with zero attached hydrogens (tertiary/aromatic N) is 3. The number of carbonyl (C=O) groups is 1. The molecule has 0 bridgehead atoms. The van der Waals surface area contributed by atoms with Crippen molar-refractivity contribution in [1.82, 2.24) is 15.0 Å². The summed E-state index contributed by atoms with van der Waals surface area (Å²) in [5.41, 5.74) is 0.829. The predicted octanol–water partition coefficient (Wildman–Crippen LogP) is -0.0770. The van der Waals surface area contributed by atoms with E-state index in [-0.39, 0.29) is 11.8 Å². The van der Waals surface area contributed by atoms with E-state index in [1.54, 1.807) is 12.0 Å². The fourth-order valence-electron chi connectivity index (χ4n) is 2.69. The Morgan fingerprint density at radius 1 is 1.59 bits per heavy atom. The SMILES string of the molecule is COCCN(C)CC(=O)N1C[C@@H](Cc2cc(C)no2)[C@@H](O)C1. The number of methoxy groups -OCH3 is 1. The molecule has 0 unspecified atom stereocenters. The number of rotatable bonds is 7. The molecule has 0 aliphatic carbocycles. The Bertz CT molecular complexity index is 491. The van der Waals surface area contributed by atoms with E-state index in [0.717, 1.165) is 11.5 Å². The van der Waals surface area contributed by atoms with Crippen molar-refractivity contribution in [3.63, 3.8) is 0 Å². The zero-order chi connectivity index (χ0) is 16.1. The number of aliphatic hydroxyl groups excluding tert-OH is 1. The van der Waals surface area contributed by atoms with Gasteiger partial charge in [0, 0.05) is 45.1 Å². The molecule has 2 atom stereocenters. The number of ether oxygens (including phenoxy) is 1. The highest BCUT2D eigenvalue weighted by Crippen LogP contribution is 2.22. The lowest BCUT2D eigenvalue weighted by molar-refractivity contribution is -0.131. The van der Waals surface area contributed by atoms with Crippen LogP contribution < -0.4 is 0 Å². The minimum absolute atomic E-state index is 0.000538. The Balaban J connectivity index is 1.83. The van der Waals surface area contributed by atoms with Crippen LogP contribution in [-0.2, 0) is 16.0 Å². The van der Waals surface area contributed by atoms with E-state index in [9.17, 15) is 9.90 Å². The molecule has 1 N–H and O–H groups in total. The van der Waals surface area contributed by atoms with E-state index in [4.69, 9.17) is 9.26 Å². The normalized spacial score (nSPS) is 21.8. The van der Waals surface area contributed by atoms with Gasteiger partial charge in [0.25, 0.3) is 0 Å². The molecule has 7 heteroatoms. The van der Waals surface area contributed by atoms with Gasteiger partial charge in [-0.3, -0.25) is 9.69 Å². The molecule has 1 aromatic heterocycles. The zero-order valence-corrected chi connectivity index (χ0v) is 13.5. The molecule has 1 aliphatic rings. The maximum Gasteiger partial charge on any atom is 0.236 e. The largest absolute Gasteiger partial charge is 0.391 e. The minimum atomic E-state index is -0.515. The number of likely N-dealkylation sites (N-methyl/N-ethyl adjacent to an activating group) is 1. The maximum atomic E-state index is 12.3. The summed E-state index contributed by atoms with van der Waals surface area (Å²) in [5.74, 6) is 0.794. The van der Waals surface area contributed by atoms with Crippen LogP contribution in [0.2, 0.25) is 0 Å². The third-order valence-corrected chi connectivity index (χ3v) is 3.98. The number of hydrogen-bond acceptors (Lipinski definition) is 6. The lowest BCUT2D eigenvalue weighted by Gasteiger charge is -2.21. The third-order valence-electron chi connectivity index (χ3n) is 3.98. The minimum Gasteiger partial charge on any atom is -0.391 e. The monoisotopic (exact) mass is 311 g/mol. The molecule has 0 radical (unpaired) electrons. The van der Waals surface area contributed by atoms with Gasteiger partial charge in [-0.05, 0) is 14.0 Å². The van der Waals surface area contributed by atoms with Crippen molar-refractivity contribution >= 4 is 5.91 Å². The third kappa shape index (κ3) is 4.53. The summed E-state index contributed by atoms with van der Waals surface area (Å²) in [4.78, 5) is 15.9. The summed E-state index contributed by atoms with van der Waals surface area (Å²) < 4.78 is 10.2. The Hall–Kier alpha value is -1.44. The van der Waals surface area contributed by atoms with Crippen LogP contribution in [0, 0.1) is 12.8 Å². The molecule has 0 spiro atoms. The number of β-amino-alcohol motifs (C(OH)–C–C–N with tert-alkyl or cyclic N) is 1. The molecule has 2 heterocycles. The fourth-order valence-corrected chi connectivity index (χ4v) is 2.69. The topological polar surface area (TPSA) is 79.0 Å². The first-order valence-corrected chi connectivity index (χ1v) is 7.55. The first kappa shape index (κ1) is 16.9. The average Bonchev–Trinajstić information content (AvgIpc) is 3.04. The molecule has 124 valence electrons. The molecular weight excluding hydrogens is 286 g/mol. The van der Waals surface area contributed by atoms with Crippen LogP contribution in [0.4, 0.5) is 0 Å². The Morgan fingerprint density at radius 2 is 2.36 bits per heavy atom. The first-order chi connectivity index (χ1) is 10.5. The highest BCUT2D eigenvalue weighted by atomic mass is 16.5. The molecule has 7 nitrogen and oxygen atoms in total. The van der Waals surface area contributed by atoms with Gasteiger partial charge in [-0.25, -0.2) is 0 Å². The van der Waals surface area contributed by atoms with Gasteiger partial charge in [-0.15, -0.1) is 0 Å². The van der Waals surface area contributed by atoms with E-state index < -0.39 is 6.10 Å². The molecule has 2 rings (SSSR count). The number of likely N-dealkylation sites (tertiary alicyclic amines) is 1. The van der Waals surface area contributed by atoms with Gasteiger partial charge in [-0.2, -0.15) is 0 Å². The lowest BCUT2D eigenvalue weighted by atomic mass is 10.0. The second kappa shape index (κ2) is 7.71. The first-order valence-electron chi connectivity index (χ1n) is 7.55. The predicted molar refractivity (Wildman–Crippen MR) is 80.4 cm³/mol. The average molecular weight is 311 g/mol. The van der Waals surface area contributed by atoms with E-state index in [2.05, 4.69) is 5.16 Å². The maximum absolute atomic E-state index is 12.3. The van der Waals surface area contributed by atoms with Crippen LogP contribution in [0.25, 0.3) is 0 Å². The van der Waals surface area contributed by atoms with Gasteiger partial charge in [0.05, 0.1) is 24.9 Å². The molecule has 0 saturated carbocycles. The lowest BCUT2D eigenvalue weighted by Crippen LogP contribution is -2.39. The summed E-state index contributed by atoms with van der Waals surface area (Å²) in [6.07, 6.45) is 0.0873. The highest BCUT2D eigenvalue weighted by molar-refractivity contribution is 5.78. The zero-order valence-electron chi connectivity index (χ0n) is 13.5. The van der Waals surface area contributed by atoms with Crippen molar-refractivity contribution in [1.29, 1.82) is 0 Å². The van der Waals surface area contributed by atoms with Gasteiger partial charge in [0.15, 0.2) is 0 Å². The molecule has 22 heavy (non-hydrogen) atoms. The van der Waals surface area contributed by atoms with E-state index in [1.807, 2.05) is 24.9 Å². The van der Waals surface area contributed by atoms with Crippen molar-refractivity contribution in [2.75, 3.05) is 46.9 Å². The molecule has 1 fully saturated rings. The van der Waals surface area contributed by atoms with Crippen LogP contribution in [0.3, 0.4) is 0 Å². The number of aliphatic hydroxyl groups is 1. The number of hydrogen-bond donors (Lipinski definition) is 1. The van der Waals surface area contributed by atoms with Gasteiger partial charge in [0.1, 0.15) is 5.76 Å². The van der Waals surface area contributed by atoms with Crippen molar-refractivity contribution in [3.05, 3.63) is 17.5 Å². The van der Waals surface area contributed by atoms with Crippen molar-refractivity contribution in [3.8, 4) is 0 Å². The summed E-state index contributed by atoms with van der Waals surface area (Å²) in [6, 6.07) is 1.87. The van der Waals surface area contributed by atoms with Crippen molar-refractivity contribution in [2.45, 2.75) is 19.4 Å². The van der Waals surface area contributed by atoms with Crippen LogP contribution in [-0.4, -0.2) is 79.0 Å². The molecule has 1 saturated heterocycles. The number of carbonyl (C=O) groups excluding carboxylic acids is 1. The van der Waals surface area contributed by atoms with Gasteiger partial charge in [-0.1, -0.05) is 5.16 Å². The quantitative estimate of drug-likeness (QED) is 0.759. The van der Waals surface area contributed by atoms with Gasteiger partial charge in [0.2, 0.25) is 5.91 Å². The summed E-state index contributed by atoms with van der Waals surface area (Å²) in [5, 5.41) is 14.0. The molecule has 1 amide bonds. The molecule has 1 aliphatic heterocycles. The van der Waals surface area contributed by atoms with E-state index in [0.29, 0.717) is 39.2 Å². The van der Waals surface area contributed by atoms with Crippen molar-refractivity contribution < 1.29 is 19.2 Å². The smallest absolute Gasteiger partial charge is 0.236 e. The highest BCUT2D eigenvalue weighted by Gasteiger charge is 2.34. The van der Waals surface area contributed by atoms with Crippen LogP contribution in [0.15, 0.2) is 10.6 Å². The second-order valence-corrected chi connectivity index (χ2v) is 6.00. The summed E-state index contributed by atoms with van der Waals surface area (Å²) in [6.45, 7) is 4.44. The van der Waals surface area contributed by atoms with Gasteiger partial charge < -0.3 is 19.3 Å². The number of aryl methyl sites for hydroxylation is 1. The Morgan fingerprint density at radius 3 is 3.00 bits per heavy atom. The molecule has 0 aromatic carbocycles. The Kier molecular flexibility index (Phi) is 5.93. The van der Waals surface area contributed by atoms with E-state index >= 15 is 0 Å². The van der Waals surface area contributed by atoms with E-state index in [1.165, 1.54) is 0 Å². The van der Waals surface area contributed by atoms with Crippen molar-refractivity contribution in [2.24, 2.45) is 5.92 Å². The number of amides is 1. The van der Waals surface area contributed by atoms with Crippen LogP contribution in [0.5, 0.6) is 0 Å².